The number of hydrogen-bond donors (Lipinski definition) is 3. The van der Waals surface area contributed by atoms with Gasteiger partial charge in [0.15, 0.2) is 0 Å². The summed E-state index contributed by atoms with van der Waals surface area (Å²) in [5, 5.41) is 13.9. The van der Waals surface area contributed by atoms with Gasteiger partial charge in [0.1, 0.15) is 0 Å². The Labute approximate surface area is 167 Å². The van der Waals surface area contributed by atoms with Gasteiger partial charge in [0.05, 0.1) is 17.6 Å². The molecule has 0 spiro atoms. The topological polar surface area (TPSA) is 97.3 Å². The van der Waals surface area contributed by atoms with E-state index in [9.17, 15) is 14.7 Å². The lowest BCUT2D eigenvalue weighted by atomic mass is 10.0. The molecule has 1 heterocycles. The Bertz CT molecular complexity index is 1260. The summed E-state index contributed by atoms with van der Waals surface area (Å²) in [5.41, 5.74) is 10.2. The zero-order valence-electron chi connectivity index (χ0n) is 15.9. The Morgan fingerprint density at radius 3 is 2.62 bits per heavy atom. The lowest BCUT2D eigenvalue weighted by molar-refractivity contribution is -0.114. The van der Waals surface area contributed by atoms with Crippen LogP contribution in [-0.2, 0) is 17.9 Å². The molecular weight excluding hydrogens is 366 g/mol. The molecule has 4 N–H and O–H groups in total. The number of amides is 2. The number of hydrogen-bond acceptors (Lipinski definition) is 3. The fraction of sp³-hybridized carbons (Fsp3) is 0.130. The minimum Gasteiger partial charge on any atom is -0.392 e. The molecule has 4 aromatic rings. The molecule has 1 aromatic heterocycles. The van der Waals surface area contributed by atoms with E-state index in [2.05, 4.69) is 16.0 Å². The molecular formula is C23H20N3O3. The first kappa shape index (κ1) is 18.7. The molecule has 0 aliphatic carbocycles. The smallest absolute Gasteiger partial charge is 0.249 e. The number of nitrogens with one attached hydrogen (secondary N) is 1. The van der Waals surface area contributed by atoms with Crippen molar-refractivity contribution in [1.29, 1.82) is 0 Å². The number of aliphatic hydroxyl groups is 1. The molecule has 29 heavy (non-hydrogen) atoms. The molecule has 6 nitrogen and oxygen atoms in total. The fourth-order valence-electron chi connectivity index (χ4n) is 3.70. The number of rotatable bonds is 5. The predicted octanol–water partition coefficient (Wildman–Crippen LogP) is 3.19. The number of fused-ring (bicyclic) bond motifs is 3. The van der Waals surface area contributed by atoms with Gasteiger partial charge in [0, 0.05) is 35.5 Å². The van der Waals surface area contributed by atoms with Crippen molar-refractivity contribution < 1.29 is 14.7 Å². The van der Waals surface area contributed by atoms with Crippen LogP contribution in [-0.4, -0.2) is 21.5 Å². The van der Waals surface area contributed by atoms with Gasteiger partial charge in [-0.05, 0) is 53.6 Å². The Hall–Kier alpha value is -3.64. The number of nitrogens with two attached hydrogens (primary N) is 1. The van der Waals surface area contributed by atoms with Crippen LogP contribution in [0.4, 0.5) is 5.69 Å². The quantitative estimate of drug-likeness (QED) is 0.491. The van der Waals surface area contributed by atoms with E-state index in [0.717, 1.165) is 38.6 Å². The number of nitrogens with zero attached hydrogens (tertiary/aromatic N) is 1. The van der Waals surface area contributed by atoms with Gasteiger partial charge >= 0.3 is 0 Å². The minimum absolute atomic E-state index is 0.103. The molecule has 1 radical (unpaired) electrons. The second kappa shape index (κ2) is 7.41. The highest BCUT2D eigenvalue weighted by Crippen LogP contribution is 2.33. The van der Waals surface area contributed by atoms with Crippen LogP contribution in [0.15, 0.2) is 54.6 Å². The van der Waals surface area contributed by atoms with Crippen molar-refractivity contribution in [2.75, 3.05) is 5.32 Å². The lowest BCUT2D eigenvalue weighted by Crippen LogP contribution is -2.11. The summed E-state index contributed by atoms with van der Waals surface area (Å²) in [5.74, 6) is -0.630. The first-order valence-corrected chi connectivity index (χ1v) is 9.20. The van der Waals surface area contributed by atoms with Gasteiger partial charge in [-0.25, -0.2) is 0 Å². The molecule has 0 unspecified atom stereocenters. The summed E-state index contributed by atoms with van der Waals surface area (Å²) < 4.78 is 2.07. The minimum atomic E-state index is -0.498. The molecule has 3 aromatic carbocycles. The maximum atomic E-state index is 12.0. The van der Waals surface area contributed by atoms with Crippen molar-refractivity contribution in [3.63, 3.8) is 0 Å². The van der Waals surface area contributed by atoms with Gasteiger partial charge < -0.3 is 20.7 Å². The SMILES string of the molecule is CC(=O)Nc1cccc(Cn2c3cc(CO)c[c]c3c3c(C(N)=O)cccc32)c1. The first-order valence-electron chi connectivity index (χ1n) is 9.20. The van der Waals surface area contributed by atoms with Crippen molar-refractivity contribution in [2.45, 2.75) is 20.1 Å². The van der Waals surface area contributed by atoms with Crippen molar-refractivity contribution >= 4 is 39.3 Å². The highest BCUT2D eigenvalue weighted by molar-refractivity contribution is 6.17. The van der Waals surface area contributed by atoms with E-state index in [1.165, 1.54) is 6.92 Å². The molecule has 0 aliphatic rings. The third-order valence-corrected chi connectivity index (χ3v) is 4.89. The zero-order valence-corrected chi connectivity index (χ0v) is 15.9. The fourth-order valence-corrected chi connectivity index (χ4v) is 3.70. The zero-order chi connectivity index (χ0) is 20.5. The van der Waals surface area contributed by atoms with Gasteiger partial charge in [-0.15, -0.1) is 0 Å². The van der Waals surface area contributed by atoms with Crippen LogP contribution >= 0.6 is 0 Å². The molecule has 0 bridgehead atoms. The maximum Gasteiger partial charge on any atom is 0.249 e. The average molecular weight is 386 g/mol. The predicted molar refractivity (Wildman–Crippen MR) is 113 cm³/mol. The van der Waals surface area contributed by atoms with Crippen LogP contribution in [0.5, 0.6) is 0 Å². The van der Waals surface area contributed by atoms with Gasteiger partial charge in [-0.3, -0.25) is 9.59 Å². The van der Waals surface area contributed by atoms with Crippen LogP contribution in [0.25, 0.3) is 21.8 Å². The first-order chi connectivity index (χ1) is 14.0. The monoisotopic (exact) mass is 386 g/mol. The third kappa shape index (κ3) is 3.46. The van der Waals surface area contributed by atoms with Crippen molar-refractivity contribution in [3.8, 4) is 0 Å². The lowest BCUT2D eigenvalue weighted by Gasteiger charge is -2.10. The largest absolute Gasteiger partial charge is 0.392 e. The van der Waals surface area contributed by atoms with Gasteiger partial charge in [-0.1, -0.05) is 18.2 Å². The molecule has 6 heteroatoms. The van der Waals surface area contributed by atoms with E-state index in [1.54, 1.807) is 18.2 Å². The Balaban J connectivity index is 1.94. The van der Waals surface area contributed by atoms with Crippen LogP contribution in [0.1, 0.15) is 28.4 Å². The number of aromatic nitrogens is 1. The molecule has 0 fully saturated rings. The summed E-state index contributed by atoms with van der Waals surface area (Å²) >= 11 is 0. The van der Waals surface area contributed by atoms with Crippen LogP contribution < -0.4 is 11.1 Å². The van der Waals surface area contributed by atoms with Crippen molar-refractivity contribution in [1.82, 2.24) is 4.57 Å². The molecule has 2 amide bonds. The van der Waals surface area contributed by atoms with E-state index in [4.69, 9.17) is 5.73 Å². The van der Waals surface area contributed by atoms with Crippen LogP contribution in [0, 0.1) is 6.07 Å². The van der Waals surface area contributed by atoms with Gasteiger partial charge in [0.25, 0.3) is 0 Å². The van der Waals surface area contributed by atoms with Crippen molar-refractivity contribution in [2.24, 2.45) is 5.73 Å². The second-order valence-electron chi connectivity index (χ2n) is 6.96. The number of benzene rings is 3. The molecule has 0 saturated heterocycles. The van der Waals surface area contributed by atoms with E-state index in [0.29, 0.717) is 12.1 Å². The highest BCUT2D eigenvalue weighted by atomic mass is 16.3. The Morgan fingerprint density at radius 1 is 1.10 bits per heavy atom. The Kier molecular flexibility index (Phi) is 4.78. The number of primary amides is 1. The summed E-state index contributed by atoms with van der Waals surface area (Å²) in [7, 11) is 0. The normalized spacial score (nSPS) is 11.1. The molecule has 0 atom stereocenters. The highest BCUT2D eigenvalue weighted by Gasteiger charge is 2.17. The van der Waals surface area contributed by atoms with Gasteiger partial charge in [-0.2, -0.15) is 0 Å². The third-order valence-electron chi connectivity index (χ3n) is 4.89. The summed E-state index contributed by atoms with van der Waals surface area (Å²) in [6, 6.07) is 19.9. The Morgan fingerprint density at radius 2 is 1.90 bits per heavy atom. The number of carbonyl (C=O) groups excluding carboxylic acids is 2. The van der Waals surface area contributed by atoms with E-state index in [1.807, 2.05) is 36.4 Å². The standard InChI is InChI=1S/C23H20N3O3/c1-14(28)25-17-5-2-4-15(10-17)12-26-20-7-3-6-19(23(24)29)22(20)18-9-8-16(13-27)11-21(18)26/h2-8,10-11,27H,12-13H2,1H3,(H2,24,29)(H,25,28). The number of anilines is 1. The van der Waals surface area contributed by atoms with E-state index < -0.39 is 5.91 Å². The molecule has 0 saturated carbocycles. The molecule has 4 rings (SSSR count). The maximum absolute atomic E-state index is 12.0. The molecule has 145 valence electrons. The van der Waals surface area contributed by atoms with Gasteiger partial charge in [0.2, 0.25) is 11.8 Å². The second-order valence-corrected chi connectivity index (χ2v) is 6.96. The van der Waals surface area contributed by atoms with Crippen LogP contribution in [0.3, 0.4) is 0 Å². The van der Waals surface area contributed by atoms with Crippen molar-refractivity contribution in [3.05, 3.63) is 77.4 Å². The summed E-state index contributed by atoms with van der Waals surface area (Å²) in [6.45, 7) is 1.88. The number of aliphatic hydroxyl groups excluding tert-OH is 1. The van der Waals surface area contributed by atoms with Crippen LogP contribution in [0.2, 0.25) is 0 Å². The summed E-state index contributed by atoms with van der Waals surface area (Å²) in [4.78, 5) is 23.4. The average Bonchev–Trinajstić information content (AvgIpc) is 3.00. The van der Waals surface area contributed by atoms with E-state index >= 15 is 0 Å². The summed E-state index contributed by atoms with van der Waals surface area (Å²) in [6.07, 6.45) is 0. The van der Waals surface area contributed by atoms with E-state index in [-0.39, 0.29) is 12.5 Å². The number of carbonyl (C=O) groups is 2. The molecule has 0 aliphatic heterocycles.